The molecule has 0 aliphatic heterocycles. The molecule has 0 spiro atoms. The van der Waals surface area contributed by atoms with E-state index in [1.165, 1.54) is 30.6 Å². The fourth-order valence-corrected chi connectivity index (χ4v) is 22.6. The number of hydrogen-bond donors (Lipinski definition) is 1. The molecule has 0 aromatic rings. The van der Waals surface area contributed by atoms with E-state index in [1.54, 1.807) is 0 Å². The van der Waals surface area contributed by atoms with Gasteiger partial charge in [0.15, 0.2) is 0 Å². The summed E-state index contributed by atoms with van der Waals surface area (Å²) in [5, 5.41) is 0. The van der Waals surface area contributed by atoms with Crippen LogP contribution in [-0.2, 0) is 4.43 Å². The second kappa shape index (κ2) is 7.24. The first kappa shape index (κ1) is 16.7. The molecule has 1 atom stereocenters. The van der Waals surface area contributed by atoms with Crippen molar-refractivity contribution in [3.8, 4) is 0 Å². The Morgan fingerprint density at radius 3 is 1.69 bits per heavy atom. The van der Waals surface area contributed by atoms with Crippen molar-refractivity contribution in [2.75, 3.05) is 0 Å². The molecule has 1 unspecified atom stereocenters. The van der Waals surface area contributed by atoms with Gasteiger partial charge in [0.2, 0.25) is 6.98 Å². The lowest BCUT2D eigenvalue weighted by molar-refractivity contribution is 0.244. The monoisotopic (exact) mass is 278 g/mol. The zero-order valence-corrected chi connectivity index (χ0v) is 14.9. The highest BCUT2D eigenvalue weighted by molar-refractivity contribution is 8.22. The lowest BCUT2D eigenvalue weighted by atomic mass is 10.5. The first-order valence-corrected chi connectivity index (χ1v) is 13.8. The third-order valence-corrected chi connectivity index (χ3v) is 26.1. The molecule has 0 amide bonds. The van der Waals surface area contributed by atoms with E-state index in [1.807, 2.05) is 0 Å². The average Bonchev–Trinajstić information content (AvgIpc) is 2.20. The van der Waals surface area contributed by atoms with Crippen LogP contribution in [0.1, 0.15) is 48.0 Å². The van der Waals surface area contributed by atoms with Crippen LogP contribution < -0.4 is 0 Å². The van der Waals surface area contributed by atoms with Crippen LogP contribution in [0.5, 0.6) is 0 Å². The highest BCUT2D eigenvalue weighted by Crippen LogP contribution is 2.38. The number of hydrogen-bond acceptors (Lipinski definition) is 2. The average molecular weight is 279 g/mol. The highest BCUT2D eigenvalue weighted by Gasteiger charge is 2.51. The molecule has 4 heteroatoms. The van der Waals surface area contributed by atoms with Crippen molar-refractivity contribution in [1.82, 2.24) is 0 Å². The Bertz CT molecular complexity index is 187. The van der Waals surface area contributed by atoms with E-state index in [4.69, 9.17) is 16.5 Å². The van der Waals surface area contributed by atoms with Crippen molar-refractivity contribution < 1.29 is 4.43 Å². The summed E-state index contributed by atoms with van der Waals surface area (Å²) in [5.74, 6) is 0. The van der Waals surface area contributed by atoms with Gasteiger partial charge in [0, 0.05) is 6.10 Å². The predicted molar refractivity (Wildman–Crippen MR) is 83.3 cm³/mol. The first-order chi connectivity index (χ1) is 7.41. The number of rotatable bonds is 8. The third kappa shape index (κ3) is 3.62. The van der Waals surface area contributed by atoms with Gasteiger partial charge in [0.05, 0.1) is 7.59 Å². The van der Waals surface area contributed by atoms with Crippen LogP contribution in [0.2, 0.25) is 24.2 Å². The van der Waals surface area contributed by atoms with Gasteiger partial charge in [-0.05, 0) is 19.9 Å². The lowest BCUT2D eigenvalue weighted by Crippen LogP contribution is -2.61. The van der Waals surface area contributed by atoms with E-state index in [9.17, 15) is 0 Å². The zero-order chi connectivity index (χ0) is 12.8. The molecule has 0 aromatic heterocycles. The highest BCUT2D eigenvalue weighted by atomic mass is 32.3. The van der Waals surface area contributed by atoms with Gasteiger partial charge in [-0.3, -0.25) is 0 Å². The van der Waals surface area contributed by atoms with Gasteiger partial charge >= 0.3 is 0 Å². The Morgan fingerprint density at radius 2 is 1.44 bits per heavy atom. The van der Waals surface area contributed by atoms with Crippen LogP contribution in [0.4, 0.5) is 0 Å². The molecule has 16 heavy (non-hydrogen) atoms. The lowest BCUT2D eigenvalue weighted by Gasteiger charge is -2.44. The van der Waals surface area contributed by atoms with Crippen molar-refractivity contribution in [2.45, 2.75) is 78.2 Å². The molecule has 0 aromatic carbocycles. The smallest absolute Gasteiger partial charge is 0.235 e. The quantitative estimate of drug-likeness (QED) is 0.496. The summed E-state index contributed by atoms with van der Waals surface area (Å²) >= 11 is 5.14. The van der Waals surface area contributed by atoms with Gasteiger partial charge in [-0.2, -0.15) is 12.1 Å². The molecule has 0 heterocycles. The summed E-state index contributed by atoms with van der Waals surface area (Å²) in [6, 6.07) is 5.24. The van der Waals surface area contributed by atoms with Crippen molar-refractivity contribution in [3.05, 3.63) is 0 Å². The summed E-state index contributed by atoms with van der Waals surface area (Å²) in [6.07, 6.45) is 1.56. The van der Waals surface area contributed by atoms with Crippen LogP contribution in [0, 0.1) is 0 Å². The molecule has 0 bridgehead atoms. The second-order valence-electron chi connectivity index (χ2n) is 5.04. The van der Waals surface area contributed by atoms with Gasteiger partial charge < -0.3 is 4.43 Å². The van der Waals surface area contributed by atoms with Gasteiger partial charge in [-0.25, -0.2) is 0 Å². The van der Waals surface area contributed by atoms with Crippen LogP contribution in [0.15, 0.2) is 0 Å². The summed E-state index contributed by atoms with van der Waals surface area (Å²) in [5.41, 5.74) is 0. The molecule has 0 N–H and O–H groups in total. The van der Waals surface area contributed by atoms with E-state index in [0.717, 1.165) is 0 Å². The van der Waals surface area contributed by atoms with E-state index in [-0.39, 0.29) is 0 Å². The van der Waals surface area contributed by atoms with Crippen molar-refractivity contribution in [3.63, 3.8) is 0 Å². The molecule has 98 valence electrons. The Balaban J connectivity index is 5.10. The van der Waals surface area contributed by atoms with Gasteiger partial charge in [-0.1, -0.05) is 52.2 Å². The van der Waals surface area contributed by atoms with Crippen LogP contribution in [-0.4, -0.2) is 20.7 Å². The SMILES string of the molecule is CCC[Si](S)(OC(C)C)[Si](CC)(CC)CC. The predicted octanol–water partition coefficient (Wildman–Crippen LogP) is 4.78. The van der Waals surface area contributed by atoms with E-state index >= 15 is 0 Å². The van der Waals surface area contributed by atoms with Crippen molar-refractivity contribution >= 4 is 26.7 Å². The normalized spacial score (nSPS) is 16.5. The van der Waals surface area contributed by atoms with Gasteiger partial charge in [0.25, 0.3) is 0 Å². The summed E-state index contributed by atoms with van der Waals surface area (Å²) in [7, 11) is -1.27. The summed E-state index contributed by atoms with van der Waals surface area (Å²) in [4.78, 5) is 0. The summed E-state index contributed by atoms with van der Waals surface area (Å²) < 4.78 is 6.38. The Hall–Kier alpha value is 0.744. The van der Waals surface area contributed by atoms with Gasteiger partial charge in [-0.15, -0.1) is 0 Å². The maximum atomic E-state index is 6.38. The zero-order valence-electron chi connectivity index (χ0n) is 12.0. The van der Waals surface area contributed by atoms with Crippen LogP contribution in [0.25, 0.3) is 0 Å². The maximum absolute atomic E-state index is 6.38. The van der Waals surface area contributed by atoms with Crippen LogP contribution >= 0.6 is 12.1 Å². The molecule has 0 saturated carbocycles. The Morgan fingerprint density at radius 1 is 1.00 bits per heavy atom. The maximum Gasteiger partial charge on any atom is 0.235 e. The van der Waals surface area contributed by atoms with E-state index in [0.29, 0.717) is 6.10 Å². The molecular weight excluding hydrogens is 248 g/mol. The third-order valence-electron chi connectivity index (χ3n) is 3.88. The van der Waals surface area contributed by atoms with Crippen LogP contribution in [0.3, 0.4) is 0 Å². The fourth-order valence-electron chi connectivity index (χ4n) is 2.76. The largest absolute Gasteiger partial charge is 0.408 e. The minimum atomic E-state index is -1.76. The van der Waals surface area contributed by atoms with E-state index < -0.39 is 14.6 Å². The molecule has 1 nitrogen and oxygen atoms in total. The van der Waals surface area contributed by atoms with Gasteiger partial charge in [0.1, 0.15) is 0 Å². The Kier molecular flexibility index (Phi) is 7.58. The van der Waals surface area contributed by atoms with E-state index in [2.05, 4.69) is 41.5 Å². The molecule has 0 aliphatic carbocycles. The minimum absolute atomic E-state index is 0.340. The first-order valence-electron chi connectivity index (χ1n) is 6.81. The fraction of sp³-hybridized carbons (Fsp3) is 1.00. The standard InChI is InChI=1S/C12H30OSSi2/c1-7-11-16(14,13-12(5)6)15(8-2,9-3)10-4/h12,14H,7-11H2,1-6H3. The van der Waals surface area contributed by atoms with Crippen molar-refractivity contribution in [1.29, 1.82) is 0 Å². The minimum Gasteiger partial charge on any atom is -0.408 e. The summed E-state index contributed by atoms with van der Waals surface area (Å²) in [6.45, 7) is 11.9. The number of thiol groups is 1. The molecule has 0 radical (unpaired) electrons. The Labute approximate surface area is 109 Å². The molecular formula is C12H30OSSi2. The molecule has 0 aliphatic rings. The topological polar surface area (TPSA) is 9.23 Å². The molecule has 0 rings (SSSR count). The second-order valence-corrected chi connectivity index (χ2v) is 21.1. The molecule has 0 saturated heterocycles. The molecule has 0 fully saturated rings. The van der Waals surface area contributed by atoms with Crippen molar-refractivity contribution in [2.24, 2.45) is 0 Å².